The predicted molar refractivity (Wildman–Crippen MR) is 168 cm³/mol. The van der Waals surface area contributed by atoms with Crippen molar-refractivity contribution in [2.24, 2.45) is 0 Å². The Morgan fingerprint density at radius 3 is 2.41 bits per heavy atom. The van der Waals surface area contributed by atoms with E-state index in [1.807, 2.05) is 81.4 Å². The second-order valence-electron chi connectivity index (χ2n) is 12.7. The second kappa shape index (κ2) is 12.0. The van der Waals surface area contributed by atoms with Crippen LogP contribution in [0, 0.1) is 11.3 Å². The van der Waals surface area contributed by atoms with Crippen molar-refractivity contribution in [3.8, 4) is 22.9 Å². The number of nitrogens with zero attached hydrogens (tertiary/aromatic N) is 4. The number of hydrogen-bond donors (Lipinski definition) is 2. The number of rotatable bonds is 9. The Labute approximate surface area is 259 Å². The molecule has 0 bridgehead atoms. The quantitative estimate of drug-likeness (QED) is 0.273. The van der Waals surface area contributed by atoms with E-state index in [2.05, 4.69) is 15.9 Å². The number of nitrogens with one attached hydrogen (secondary N) is 1. The third-order valence-electron chi connectivity index (χ3n) is 7.28. The molecule has 1 unspecified atom stereocenters. The molecular formula is C33H37N5O5S. The van der Waals surface area contributed by atoms with Gasteiger partial charge in [-0.1, -0.05) is 54.6 Å². The number of aromatic nitrogens is 2. The molecule has 1 aliphatic heterocycles. The van der Waals surface area contributed by atoms with Crippen LogP contribution in [0.3, 0.4) is 0 Å². The number of benzene rings is 2. The van der Waals surface area contributed by atoms with Gasteiger partial charge in [-0.05, 0) is 57.4 Å². The molecule has 3 heterocycles. The second-order valence-corrected chi connectivity index (χ2v) is 14.7. The number of nitriles is 1. The van der Waals surface area contributed by atoms with Gasteiger partial charge in [-0.2, -0.15) is 10.4 Å². The topological polar surface area (TPSA) is 129 Å². The average molecular weight is 616 g/mol. The highest BCUT2D eigenvalue weighted by molar-refractivity contribution is 7.84. The van der Waals surface area contributed by atoms with Gasteiger partial charge in [-0.25, -0.2) is 18.2 Å². The van der Waals surface area contributed by atoms with Crippen molar-refractivity contribution < 1.29 is 23.6 Å². The van der Waals surface area contributed by atoms with Crippen molar-refractivity contribution in [1.82, 2.24) is 19.2 Å². The maximum absolute atomic E-state index is 13.3. The number of aliphatic hydroxyl groups is 1. The molecule has 1 fully saturated rings. The Balaban J connectivity index is 1.43. The molecule has 0 saturated carbocycles. The van der Waals surface area contributed by atoms with Crippen LogP contribution in [-0.4, -0.2) is 60.0 Å². The number of likely N-dealkylation sites (tertiary alicyclic amines) is 1. The predicted octanol–water partition coefficient (Wildman–Crippen LogP) is 4.92. The highest BCUT2D eigenvalue weighted by Crippen LogP contribution is 2.37. The fraction of sp³-hybridized carbons (Fsp3) is 0.364. The van der Waals surface area contributed by atoms with Crippen LogP contribution in [0.1, 0.15) is 51.3 Å². The summed E-state index contributed by atoms with van der Waals surface area (Å²) in [5.41, 5.74) is 2.59. The van der Waals surface area contributed by atoms with Crippen LogP contribution in [-0.2, 0) is 27.9 Å². The Hall–Kier alpha value is -4.24. The maximum Gasteiger partial charge on any atom is 0.410 e. The van der Waals surface area contributed by atoms with Crippen LogP contribution >= 0.6 is 0 Å². The SMILES string of the molecule is CC(C)(O)COc1cc(-c2ccc(C3(NS(=O)C(C)(C)C)CN(C(=O)OCc4ccccc4)C3)cc2)c2c(C#N)cnn2c1. The Bertz CT molecular complexity index is 1710. The lowest BCUT2D eigenvalue weighted by Crippen LogP contribution is -2.69. The Morgan fingerprint density at radius 2 is 1.80 bits per heavy atom. The Morgan fingerprint density at radius 1 is 1.11 bits per heavy atom. The lowest BCUT2D eigenvalue weighted by molar-refractivity contribution is 0.0282. The molecule has 1 aliphatic rings. The number of amides is 1. The first kappa shape index (κ1) is 31.2. The fourth-order valence-electron chi connectivity index (χ4n) is 4.89. The third-order valence-corrected chi connectivity index (χ3v) is 8.97. The van der Waals surface area contributed by atoms with E-state index in [9.17, 15) is 19.4 Å². The zero-order valence-electron chi connectivity index (χ0n) is 25.5. The highest BCUT2D eigenvalue weighted by atomic mass is 32.2. The molecule has 5 rings (SSSR count). The summed E-state index contributed by atoms with van der Waals surface area (Å²) < 4.78 is 29.1. The Kier molecular flexibility index (Phi) is 8.53. The van der Waals surface area contributed by atoms with Crippen molar-refractivity contribution in [1.29, 1.82) is 5.26 Å². The van der Waals surface area contributed by atoms with E-state index in [1.165, 1.54) is 6.20 Å². The summed E-state index contributed by atoms with van der Waals surface area (Å²) in [5, 5.41) is 24.2. The molecular weight excluding hydrogens is 578 g/mol. The molecule has 230 valence electrons. The van der Waals surface area contributed by atoms with Crippen molar-refractivity contribution in [2.75, 3.05) is 19.7 Å². The fourth-order valence-corrected chi connectivity index (χ4v) is 5.80. The molecule has 44 heavy (non-hydrogen) atoms. The van der Waals surface area contributed by atoms with E-state index in [4.69, 9.17) is 9.47 Å². The molecule has 0 radical (unpaired) electrons. The molecule has 2 aromatic carbocycles. The molecule has 4 aromatic rings. The van der Waals surface area contributed by atoms with Crippen LogP contribution in [0.5, 0.6) is 5.75 Å². The maximum atomic E-state index is 13.3. The minimum Gasteiger partial charge on any atom is -0.489 e. The zero-order valence-corrected chi connectivity index (χ0v) is 26.4. The summed E-state index contributed by atoms with van der Waals surface area (Å²) in [6, 6.07) is 21.3. The first-order valence-corrected chi connectivity index (χ1v) is 15.5. The van der Waals surface area contributed by atoms with Crippen molar-refractivity contribution in [3.05, 3.63) is 89.7 Å². The van der Waals surface area contributed by atoms with E-state index in [1.54, 1.807) is 29.5 Å². The van der Waals surface area contributed by atoms with Gasteiger partial charge >= 0.3 is 6.09 Å². The lowest BCUT2D eigenvalue weighted by Gasteiger charge is -2.50. The summed E-state index contributed by atoms with van der Waals surface area (Å²) >= 11 is 0. The van der Waals surface area contributed by atoms with Crippen LogP contribution in [0.25, 0.3) is 16.6 Å². The van der Waals surface area contributed by atoms with Crippen molar-refractivity contribution >= 4 is 22.6 Å². The number of pyridine rings is 1. The first-order chi connectivity index (χ1) is 20.8. The summed E-state index contributed by atoms with van der Waals surface area (Å²) in [6.45, 7) is 9.83. The number of hydrogen-bond acceptors (Lipinski definition) is 7. The van der Waals surface area contributed by atoms with Gasteiger partial charge in [0.2, 0.25) is 0 Å². The minimum atomic E-state index is -1.40. The summed E-state index contributed by atoms with van der Waals surface area (Å²) in [6.07, 6.45) is 2.76. The van der Waals surface area contributed by atoms with Gasteiger partial charge in [0.1, 0.15) is 25.0 Å². The number of carbonyl (C=O) groups is 1. The molecule has 0 spiro atoms. The molecule has 1 amide bonds. The van der Waals surface area contributed by atoms with E-state index >= 15 is 0 Å². The number of carbonyl (C=O) groups excluding carboxylic acids is 1. The normalized spacial score (nSPS) is 15.3. The van der Waals surface area contributed by atoms with Crippen LogP contribution in [0.4, 0.5) is 4.79 Å². The average Bonchev–Trinajstić information content (AvgIpc) is 3.39. The van der Waals surface area contributed by atoms with Crippen LogP contribution in [0.2, 0.25) is 0 Å². The molecule has 2 aromatic heterocycles. The zero-order chi connectivity index (χ0) is 31.7. The van der Waals surface area contributed by atoms with Gasteiger partial charge < -0.3 is 19.5 Å². The molecule has 1 atom stereocenters. The van der Waals surface area contributed by atoms with E-state index in [0.29, 0.717) is 16.8 Å². The van der Waals surface area contributed by atoms with Gasteiger partial charge in [0.25, 0.3) is 0 Å². The molecule has 1 saturated heterocycles. The molecule has 0 aliphatic carbocycles. The standard InChI is InChI=1S/C33H37N5O5S/c1-31(2,3)44(41)36-33(20-37(21-33)30(39)42-19-23-9-7-6-8-10-23)26-13-11-24(12-14-26)28-15-27(43-22-32(4,5)40)18-38-29(28)25(16-34)17-35-38/h6-15,17-18,36,40H,19-22H2,1-5H3. The number of ether oxygens (including phenoxy) is 2. The van der Waals surface area contributed by atoms with E-state index < -0.39 is 33.0 Å². The van der Waals surface area contributed by atoms with Crippen molar-refractivity contribution in [3.63, 3.8) is 0 Å². The summed E-state index contributed by atoms with van der Waals surface area (Å²) in [4.78, 5) is 14.5. The van der Waals surface area contributed by atoms with Crippen molar-refractivity contribution in [2.45, 2.75) is 57.1 Å². The van der Waals surface area contributed by atoms with Crippen LogP contribution in [0.15, 0.2) is 73.1 Å². The first-order valence-electron chi connectivity index (χ1n) is 14.3. The van der Waals surface area contributed by atoms with Gasteiger partial charge in [0.15, 0.2) is 0 Å². The highest BCUT2D eigenvalue weighted by Gasteiger charge is 2.49. The van der Waals surface area contributed by atoms with Gasteiger partial charge in [-0.3, -0.25) is 0 Å². The van der Waals surface area contributed by atoms with Crippen LogP contribution < -0.4 is 9.46 Å². The monoisotopic (exact) mass is 615 g/mol. The van der Waals surface area contributed by atoms with Gasteiger partial charge in [0.05, 0.1) is 50.3 Å². The van der Waals surface area contributed by atoms with E-state index in [0.717, 1.165) is 22.3 Å². The lowest BCUT2D eigenvalue weighted by atomic mass is 9.83. The van der Waals surface area contributed by atoms with Gasteiger partial charge in [0, 0.05) is 18.7 Å². The largest absolute Gasteiger partial charge is 0.489 e. The molecule has 11 heteroatoms. The van der Waals surface area contributed by atoms with E-state index in [-0.39, 0.29) is 26.3 Å². The minimum absolute atomic E-state index is 0.0760. The number of fused-ring (bicyclic) bond motifs is 1. The smallest absolute Gasteiger partial charge is 0.410 e. The molecule has 2 N–H and O–H groups in total. The summed E-state index contributed by atoms with van der Waals surface area (Å²) in [7, 11) is -1.40. The summed E-state index contributed by atoms with van der Waals surface area (Å²) in [5.74, 6) is 0.494. The molecule has 10 nitrogen and oxygen atoms in total. The van der Waals surface area contributed by atoms with Gasteiger partial charge in [-0.15, -0.1) is 0 Å². The third kappa shape index (κ3) is 6.78.